The van der Waals surface area contributed by atoms with Crippen LogP contribution >= 0.6 is 15.9 Å². The van der Waals surface area contributed by atoms with Crippen molar-refractivity contribution in [2.75, 3.05) is 0 Å². The Kier molecular flexibility index (Phi) is 1.32. The molecular formula is C10H5BrN2. The van der Waals surface area contributed by atoms with Crippen molar-refractivity contribution in [2.24, 2.45) is 9.98 Å². The molecule has 2 aliphatic rings. The fourth-order valence-electron chi connectivity index (χ4n) is 1.59. The second-order valence-electron chi connectivity index (χ2n) is 2.96. The average molecular weight is 233 g/mol. The minimum absolute atomic E-state index is 0.885. The Balaban J connectivity index is 2.50. The summed E-state index contributed by atoms with van der Waals surface area (Å²) in [6.07, 6.45) is 5.82. The van der Waals surface area contributed by atoms with Gasteiger partial charge in [0, 0.05) is 17.0 Å². The van der Waals surface area contributed by atoms with E-state index in [1.165, 1.54) is 0 Å². The van der Waals surface area contributed by atoms with E-state index in [-0.39, 0.29) is 0 Å². The molecule has 2 aliphatic heterocycles. The number of hydrogen-bond donors (Lipinski definition) is 0. The minimum atomic E-state index is 0.885. The van der Waals surface area contributed by atoms with Crippen LogP contribution in [0, 0.1) is 0 Å². The average Bonchev–Trinajstić information content (AvgIpc) is 2.65. The highest BCUT2D eigenvalue weighted by Gasteiger charge is 2.10. The van der Waals surface area contributed by atoms with E-state index in [0.29, 0.717) is 0 Å². The molecule has 0 amide bonds. The highest BCUT2D eigenvalue weighted by molar-refractivity contribution is 9.18. The van der Waals surface area contributed by atoms with Crippen molar-refractivity contribution in [3.8, 4) is 0 Å². The number of halogens is 1. The quantitative estimate of drug-likeness (QED) is 0.648. The maximum atomic E-state index is 4.39. The van der Waals surface area contributed by atoms with Gasteiger partial charge in [0.1, 0.15) is 4.62 Å². The van der Waals surface area contributed by atoms with Gasteiger partial charge in [-0.1, -0.05) is 6.07 Å². The van der Waals surface area contributed by atoms with Crippen LogP contribution < -0.4 is 10.6 Å². The minimum Gasteiger partial charge on any atom is -0.256 e. The Bertz CT molecular complexity index is 567. The zero-order valence-electron chi connectivity index (χ0n) is 6.66. The van der Waals surface area contributed by atoms with Gasteiger partial charge in [0.15, 0.2) is 0 Å². The van der Waals surface area contributed by atoms with E-state index < -0.39 is 0 Å². The molecule has 3 rings (SSSR count). The molecule has 62 valence electrons. The lowest BCUT2D eigenvalue weighted by Gasteiger charge is -1.94. The summed E-state index contributed by atoms with van der Waals surface area (Å²) in [5, 5.41) is 2.17. The van der Waals surface area contributed by atoms with Gasteiger partial charge in [-0.3, -0.25) is 4.99 Å². The summed E-state index contributed by atoms with van der Waals surface area (Å²) in [6.45, 7) is 0. The topological polar surface area (TPSA) is 24.7 Å². The smallest absolute Gasteiger partial charge is 0.107 e. The van der Waals surface area contributed by atoms with Crippen LogP contribution in [0.2, 0.25) is 0 Å². The second kappa shape index (κ2) is 2.39. The van der Waals surface area contributed by atoms with Crippen LogP contribution in [0.1, 0.15) is 5.56 Å². The predicted octanol–water partition coefficient (Wildman–Crippen LogP) is 1.51. The third-order valence-electron chi connectivity index (χ3n) is 2.17. The lowest BCUT2D eigenvalue weighted by Crippen LogP contribution is -2.09. The zero-order valence-corrected chi connectivity index (χ0v) is 8.25. The Hall–Kier alpha value is -1.22. The van der Waals surface area contributed by atoms with Gasteiger partial charge < -0.3 is 0 Å². The second-order valence-corrected chi connectivity index (χ2v) is 3.77. The number of hydrogen-bond acceptors (Lipinski definition) is 2. The van der Waals surface area contributed by atoms with Gasteiger partial charge in [-0.25, -0.2) is 4.99 Å². The first-order chi connectivity index (χ1) is 6.34. The van der Waals surface area contributed by atoms with E-state index in [9.17, 15) is 0 Å². The molecule has 0 radical (unpaired) electrons. The first kappa shape index (κ1) is 7.21. The maximum absolute atomic E-state index is 4.39. The summed E-state index contributed by atoms with van der Waals surface area (Å²) in [7, 11) is 0. The predicted molar refractivity (Wildman–Crippen MR) is 56.7 cm³/mol. The largest absolute Gasteiger partial charge is 0.256 e. The van der Waals surface area contributed by atoms with Crippen molar-refractivity contribution < 1.29 is 0 Å². The van der Waals surface area contributed by atoms with Crippen LogP contribution in [0.25, 0.3) is 12.2 Å². The summed E-state index contributed by atoms with van der Waals surface area (Å²) in [4.78, 5) is 8.61. The van der Waals surface area contributed by atoms with Crippen LogP contribution in [-0.2, 0) is 0 Å². The molecule has 1 aromatic carbocycles. The number of fused-ring (bicyclic) bond motifs is 3. The van der Waals surface area contributed by atoms with Gasteiger partial charge >= 0.3 is 0 Å². The van der Waals surface area contributed by atoms with E-state index in [0.717, 1.165) is 26.4 Å². The van der Waals surface area contributed by atoms with Crippen molar-refractivity contribution in [1.29, 1.82) is 0 Å². The van der Waals surface area contributed by atoms with Crippen LogP contribution in [-0.4, -0.2) is 4.62 Å². The van der Waals surface area contributed by atoms with Gasteiger partial charge in [-0.15, -0.1) is 0 Å². The maximum Gasteiger partial charge on any atom is 0.107 e. The molecule has 0 fully saturated rings. The SMILES string of the molecule is BrC1=Nc2c3c(ccc2=C1)=NC=C3. The first-order valence-electron chi connectivity index (χ1n) is 3.98. The number of aliphatic imine (C=N–C) groups is 1. The molecule has 0 atom stereocenters. The molecule has 0 saturated carbocycles. The van der Waals surface area contributed by atoms with Gasteiger partial charge in [0.05, 0.1) is 11.0 Å². The highest BCUT2D eigenvalue weighted by atomic mass is 79.9. The van der Waals surface area contributed by atoms with Gasteiger partial charge in [-0.05, 0) is 34.1 Å². The molecule has 0 aromatic heterocycles. The number of benzene rings is 1. The van der Waals surface area contributed by atoms with Crippen LogP contribution in [0.4, 0.5) is 5.69 Å². The lowest BCUT2D eigenvalue weighted by atomic mass is 10.1. The molecule has 2 heterocycles. The molecule has 0 N–H and O–H groups in total. The monoisotopic (exact) mass is 232 g/mol. The Morgan fingerprint density at radius 1 is 1.23 bits per heavy atom. The van der Waals surface area contributed by atoms with E-state index in [1.807, 2.05) is 30.5 Å². The fourth-order valence-corrected chi connectivity index (χ4v) is 2.02. The standard InChI is InChI=1S/C10H5BrN2/c11-9-5-6-1-2-8-7(3-4-12-8)10(6)13-9/h1-5H. The van der Waals surface area contributed by atoms with Gasteiger partial charge in [0.2, 0.25) is 0 Å². The number of nitrogens with zero attached hydrogens (tertiary/aromatic N) is 2. The molecular weight excluding hydrogens is 228 g/mol. The summed E-state index contributed by atoms with van der Waals surface area (Å²) in [5.41, 5.74) is 2.16. The van der Waals surface area contributed by atoms with Crippen molar-refractivity contribution in [3.63, 3.8) is 0 Å². The first-order valence-corrected chi connectivity index (χ1v) is 4.77. The van der Waals surface area contributed by atoms with E-state index >= 15 is 0 Å². The van der Waals surface area contributed by atoms with Gasteiger partial charge in [0.25, 0.3) is 0 Å². The van der Waals surface area contributed by atoms with Crippen LogP contribution in [0.3, 0.4) is 0 Å². The molecule has 0 aliphatic carbocycles. The molecule has 1 aromatic rings. The summed E-state index contributed by atoms with van der Waals surface area (Å²) < 4.78 is 0.885. The molecule has 0 unspecified atom stereocenters. The van der Waals surface area contributed by atoms with E-state index in [1.54, 1.807) is 0 Å². The van der Waals surface area contributed by atoms with Crippen molar-refractivity contribution in [3.05, 3.63) is 34.5 Å². The number of rotatable bonds is 0. The summed E-state index contributed by atoms with van der Waals surface area (Å²) in [5.74, 6) is 0. The van der Waals surface area contributed by atoms with Crippen molar-refractivity contribution in [2.45, 2.75) is 0 Å². The van der Waals surface area contributed by atoms with Crippen molar-refractivity contribution >= 4 is 38.4 Å². The molecule has 0 bridgehead atoms. The normalized spacial score (nSPS) is 15.9. The molecule has 0 spiro atoms. The Morgan fingerprint density at radius 2 is 2.15 bits per heavy atom. The fraction of sp³-hybridized carbons (Fsp3) is 0. The van der Waals surface area contributed by atoms with Crippen LogP contribution in [0.5, 0.6) is 0 Å². The Morgan fingerprint density at radius 3 is 3.08 bits per heavy atom. The zero-order chi connectivity index (χ0) is 8.84. The van der Waals surface area contributed by atoms with Crippen LogP contribution in [0.15, 0.2) is 28.3 Å². The summed E-state index contributed by atoms with van der Waals surface area (Å²) >= 11 is 3.37. The third kappa shape index (κ3) is 0.937. The molecule has 2 nitrogen and oxygen atoms in total. The van der Waals surface area contributed by atoms with Crippen molar-refractivity contribution in [1.82, 2.24) is 0 Å². The lowest BCUT2D eigenvalue weighted by molar-refractivity contribution is 1.36. The summed E-state index contributed by atoms with van der Waals surface area (Å²) in [6, 6.07) is 4.06. The third-order valence-corrected chi connectivity index (χ3v) is 2.58. The van der Waals surface area contributed by atoms with E-state index in [2.05, 4.69) is 25.9 Å². The molecule has 3 heteroatoms. The molecule has 0 saturated heterocycles. The van der Waals surface area contributed by atoms with E-state index in [4.69, 9.17) is 0 Å². The Labute approximate surface area is 83.2 Å². The highest BCUT2D eigenvalue weighted by Crippen LogP contribution is 2.19. The van der Waals surface area contributed by atoms with Gasteiger partial charge in [-0.2, -0.15) is 0 Å². The molecule has 13 heavy (non-hydrogen) atoms.